The summed E-state index contributed by atoms with van der Waals surface area (Å²) in [6.45, 7) is 5.79. The van der Waals surface area contributed by atoms with Crippen molar-refractivity contribution < 1.29 is 14.4 Å². The molecule has 1 atom stereocenters. The van der Waals surface area contributed by atoms with Crippen LogP contribution in [0, 0.1) is 20.8 Å². The summed E-state index contributed by atoms with van der Waals surface area (Å²) >= 11 is 0. The highest BCUT2D eigenvalue weighted by molar-refractivity contribution is 5.98. The molecule has 0 bridgehead atoms. The van der Waals surface area contributed by atoms with Gasteiger partial charge in [-0.15, -0.1) is 0 Å². The minimum Gasteiger partial charge on any atom is -0.341 e. The Morgan fingerprint density at radius 2 is 1.57 bits per heavy atom. The highest BCUT2D eigenvalue weighted by Gasteiger charge is 2.22. The van der Waals surface area contributed by atoms with E-state index in [9.17, 15) is 14.4 Å². The van der Waals surface area contributed by atoms with Crippen LogP contribution in [0.1, 0.15) is 28.3 Å². The van der Waals surface area contributed by atoms with E-state index >= 15 is 0 Å². The number of anilines is 1. The summed E-state index contributed by atoms with van der Waals surface area (Å²) in [5.74, 6) is -0.815. The van der Waals surface area contributed by atoms with Crippen LogP contribution in [0.3, 0.4) is 0 Å². The lowest BCUT2D eigenvalue weighted by atomic mass is 10.0. The third kappa shape index (κ3) is 5.65. The number of imide groups is 1. The van der Waals surface area contributed by atoms with Gasteiger partial charge in [0.25, 0.3) is 0 Å². The molecule has 0 heterocycles. The quantitative estimate of drug-likeness (QED) is 0.616. The van der Waals surface area contributed by atoms with Gasteiger partial charge in [-0.05, 0) is 37.5 Å². The third-order valence-electron chi connectivity index (χ3n) is 4.27. The first-order valence-electron chi connectivity index (χ1n) is 9.00. The molecule has 4 amide bonds. The van der Waals surface area contributed by atoms with Crippen LogP contribution in [0.5, 0.6) is 0 Å². The van der Waals surface area contributed by atoms with E-state index in [0.29, 0.717) is 5.56 Å². The lowest BCUT2D eigenvalue weighted by Crippen LogP contribution is -2.45. The second-order valence-corrected chi connectivity index (χ2v) is 6.61. The molecule has 2 aromatic rings. The molecule has 0 spiro atoms. The van der Waals surface area contributed by atoms with Gasteiger partial charge in [-0.1, -0.05) is 48.0 Å². The van der Waals surface area contributed by atoms with Crippen molar-refractivity contribution in [3.63, 3.8) is 0 Å². The Balaban J connectivity index is 2.09. The molecule has 28 heavy (non-hydrogen) atoms. The molecule has 0 fully saturated rings. The molecule has 0 aromatic heterocycles. The highest BCUT2D eigenvalue weighted by atomic mass is 16.2. The van der Waals surface area contributed by atoms with Gasteiger partial charge in [-0.3, -0.25) is 20.2 Å². The van der Waals surface area contributed by atoms with Gasteiger partial charge < -0.3 is 10.6 Å². The van der Waals surface area contributed by atoms with Crippen LogP contribution in [-0.2, 0) is 9.59 Å². The molecule has 0 saturated heterocycles. The highest BCUT2D eigenvalue weighted by Crippen LogP contribution is 2.21. The van der Waals surface area contributed by atoms with Gasteiger partial charge in [0, 0.05) is 12.7 Å². The summed E-state index contributed by atoms with van der Waals surface area (Å²) in [5.41, 5.74) is 4.50. The fourth-order valence-corrected chi connectivity index (χ4v) is 3.01. The molecule has 0 aliphatic heterocycles. The van der Waals surface area contributed by atoms with Gasteiger partial charge >= 0.3 is 6.03 Å². The van der Waals surface area contributed by atoms with Gasteiger partial charge in [-0.25, -0.2) is 4.79 Å². The third-order valence-corrected chi connectivity index (χ3v) is 4.27. The summed E-state index contributed by atoms with van der Waals surface area (Å²) in [4.78, 5) is 36.4. The number of benzene rings is 2. The van der Waals surface area contributed by atoms with E-state index in [-0.39, 0.29) is 12.5 Å². The van der Waals surface area contributed by atoms with Gasteiger partial charge in [0.1, 0.15) is 6.04 Å². The Morgan fingerprint density at radius 1 is 0.964 bits per heavy atom. The number of urea groups is 1. The number of carbonyl (C=O) groups is 3. The first-order valence-corrected chi connectivity index (χ1v) is 9.00. The molecular formula is C21H26N4O3. The second-order valence-electron chi connectivity index (χ2n) is 6.61. The fraction of sp³-hybridized carbons (Fsp3) is 0.286. The van der Waals surface area contributed by atoms with Crippen LogP contribution < -0.4 is 21.3 Å². The Morgan fingerprint density at radius 3 is 2.14 bits per heavy atom. The average Bonchev–Trinajstić information content (AvgIpc) is 2.65. The summed E-state index contributed by atoms with van der Waals surface area (Å²) in [7, 11) is 1.42. The number of hydrogen-bond acceptors (Lipinski definition) is 4. The minimum absolute atomic E-state index is 0.0898. The van der Waals surface area contributed by atoms with Crippen molar-refractivity contribution in [3.05, 3.63) is 64.7 Å². The van der Waals surface area contributed by atoms with Crippen molar-refractivity contribution >= 4 is 23.5 Å². The summed E-state index contributed by atoms with van der Waals surface area (Å²) in [6, 6.07) is 11.5. The zero-order chi connectivity index (χ0) is 20.7. The van der Waals surface area contributed by atoms with Crippen molar-refractivity contribution in [1.82, 2.24) is 16.0 Å². The molecule has 2 aromatic carbocycles. The molecule has 148 valence electrons. The van der Waals surface area contributed by atoms with Crippen LogP contribution in [-0.4, -0.2) is 31.4 Å². The molecule has 0 radical (unpaired) electrons. The Bertz CT molecular complexity index is 842. The van der Waals surface area contributed by atoms with E-state index in [1.54, 1.807) is 24.3 Å². The molecule has 0 saturated carbocycles. The second kappa shape index (κ2) is 9.66. The first-order chi connectivity index (χ1) is 13.3. The van der Waals surface area contributed by atoms with Crippen molar-refractivity contribution in [1.29, 1.82) is 0 Å². The number of aryl methyl sites for hydroxylation is 3. The van der Waals surface area contributed by atoms with Crippen molar-refractivity contribution in [2.75, 3.05) is 18.9 Å². The molecule has 7 nitrogen and oxygen atoms in total. The maximum Gasteiger partial charge on any atom is 0.321 e. The molecule has 4 N–H and O–H groups in total. The summed E-state index contributed by atoms with van der Waals surface area (Å²) in [5, 5.41) is 10.4. The standard InChI is InChI=1S/C21H26N4O3/c1-13-10-14(2)18(15(3)11-13)24-17(26)12-23-19(16-8-6-5-7-9-16)20(27)25-21(28)22-4/h5-11,19,23H,12H2,1-4H3,(H,24,26)(H2,22,25,27,28)/t19-/m0/s1. The predicted molar refractivity (Wildman–Crippen MR) is 109 cm³/mol. The number of nitrogens with one attached hydrogen (secondary N) is 4. The predicted octanol–water partition coefficient (Wildman–Crippen LogP) is 2.34. The van der Waals surface area contributed by atoms with Crippen LogP contribution in [0.4, 0.5) is 10.5 Å². The number of carbonyl (C=O) groups excluding carboxylic acids is 3. The zero-order valence-electron chi connectivity index (χ0n) is 16.6. The zero-order valence-corrected chi connectivity index (χ0v) is 16.6. The fourth-order valence-electron chi connectivity index (χ4n) is 3.01. The molecular weight excluding hydrogens is 356 g/mol. The monoisotopic (exact) mass is 382 g/mol. The lowest BCUT2D eigenvalue weighted by Gasteiger charge is -2.19. The van der Waals surface area contributed by atoms with Gasteiger partial charge in [0.2, 0.25) is 11.8 Å². The smallest absolute Gasteiger partial charge is 0.321 e. The first kappa shape index (κ1) is 21.1. The van der Waals surface area contributed by atoms with Gasteiger partial charge in [-0.2, -0.15) is 0 Å². The van der Waals surface area contributed by atoms with E-state index in [1.165, 1.54) is 7.05 Å². The molecule has 0 unspecified atom stereocenters. The molecule has 7 heteroatoms. The Kier molecular flexibility index (Phi) is 7.28. The number of amides is 4. The van der Waals surface area contributed by atoms with E-state index in [0.717, 1.165) is 22.4 Å². The maximum atomic E-state index is 12.5. The van der Waals surface area contributed by atoms with E-state index < -0.39 is 18.0 Å². The van der Waals surface area contributed by atoms with E-state index in [4.69, 9.17) is 0 Å². The van der Waals surface area contributed by atoms with Crippen LogP contribution in [0.25, 0.3) is 0 Å². The average molecular weight is 382 g/mol. The normalized spacial score (nSPS) is 11.4. The summed E-state index contributed by atoms with van der Waals surface area (Å²) in [6.07, 6.45) is 0. The molecule has 0 aliphatic carbocycles. The topological polar surface area (TPSA) is 99.3 Å². The van der Waals surface area contributed by atoms with Gasteiger partial charge in [0.05, 0.1) is 6.54 Å². The van der Waals surface area contributed by atoms with E-state index in [2.05, 4.69) is 21.3 Å². The number of rotatable bonds is 6. The van der Waals surface area contributed by atoms with Crippen LogP contribution in [0.2, 0.25) is 0 Å². The van der Waals surface area contributed by atoms with Crippen LogP contribution in [0.15, 0.2) is 42.5 Å². The summed E-state index contributed by atoms with van der Waals surface area (Å²) < 4.78 is 0. The van der Waals surface area contributed by atoms with Crippen LogP contribution >= 0.6 is 0 Å². The SMILES string of the molecule is CNC(=O)NC(=O)[C@@H](NCC(=O)Nc1c(C)cc(C)cc1C)c1ccccc1. The van der Waals surface area contributed by atoms with Gasteiger partial charge in [0.15, 0.2) is 0 Å². The minimum atomic E-state index is -0.843. The maximum absolute atomic E-state index is 12.5. The van der Waals surface area contributed by atoms with Crippen molar-refractivity contribution in [2.45, 2.75) is 26.8 Å². The van der Waals surface area contributed by atoms with E-state index in [1.807, 2.05) is 39.0 Å². The largest absolute Gasteiger partial charge is 0.341 e. The molecule has 0 aliphatic rings. The van der Waals surface area contributed by atoms with Crippen molar-refractivity contribution in [3.8, 4) is 0 Å². The molecule has 2 rings (SSSR count). The van der Waals surface area contributed by atoms with Crippen molar-refractivity contribution in [2.24, 2.45) is 0 Å². The Hall–Kier alpha value is -3.19. The lowest BCUT2D eigenvalue weighted by molar-refractivity contribution is -0.122. The number of hydrogen-bond donors (Lipinski definition) is 4. The Labute approximate surface area is 164 Å².